The van der Waals surface area contributed by atoms with Crippen LogP contribution < -0.4 is 10.6 Å². The van der Waals surface area contributed by atoms with Gasteiger partial charge in [-0.1, -0.05) is 23.2 Å². The normalized spacial score (nSPS) is 12.0. The minimum Gasteiger partial charge on any atom is -0.383 e. The standard InChI is InChI=1S/C11H14Cl2N2O2/c1-7(6-17-2)14-11(16)15-10-4-8(12)3-9(13)5-10/h3-5,7H,6H2,1-2H3,(H2,14,15,16). The molecule has 0 aliphatic heterocycles. The topological polar surface area (TPSA) is 50.4 Å². The second-order valence-electron chi connectivity index (χ2n) is 3.61. The molecule has 0 aliphatic rings. The van der Waals surface area contributed by atoms with Crippen molar-refractivity contribution in [1.82, 2.24) is 5.32 Å². The summed E-state index contributed by atoms with van der Waals surface area (Å²) in [7, 11) is 1.58. The lowest BCUT2D eigenvalue weighted by Gasteiger charge is -2.13. The molecule has 2 amide bonds. The molecule has 17 heavy (non-hydrogen) atoms. The molecule has 0 radical (unpaired) electrons. The minimum atomic E-state index is -0.326. The summed E-state index contributed by atoms with van der Waals surface area (Å²) in [5.41, 5.74) is 0.546. The third-order valence-electron chi connectivity index (χ3n) is 1.91. The lowest BCUT2D eigenvalue weighted by Crippen LogP contribution is -2.38. The van der Waals surface area contributed by atoms with Crippen LogP contribution in [-0.4, -0.2) is 25.8 Å². The van der Waals surface area contributed by atoms with E-state index in [1.165, 1.54) is 0 Å². The SMILES string of the molecule is COCC(C)NC(=O)Nc1cc(Cl)cc(Cl)c1. The Morgan fingerprint density at radius 2 is 1.94 bits per heavy atom. The monoisotopic (exact) mass is 276 g/mol. The number of ether oxygens (including phenoxy) is 1. The number of benzene rings is 1. The van der Waals surface area contributed by atoms with Gasteiger partial charge in [0.15, 0.2) is 0 Å². The maximum absolute atomic E-state index is 11.6. The Morgan fingerprint density at radius 3 is 2.47 bits per heavy atom. The predicted molar refractivity (Wildman–Crippen MR) is 70.0 cm³/mol. The zero-order valence-corrected chi connectivity index (χ0v) is 11.1. The average molecular weight is 277 g/mol. The molecule has 6 heteroatoms. The molecule has 1 aromatic carbocycles. The third-order valence-corrected chi connectivity index (χ3v) is 2.35. The smallest absolute Gasteiger partial charge is 0.319 e. The largest absolute Gasteiger partial charge is 0.383 e. The maximum Gasteiger partial charge on any atom is 0.319 e. The van der Waals surface area contributed by atoms with Gasteiger partial charge < -0.3 is 15.4 Å². The Kier molecular flexibility index (Phi) is 5.55. The highest BCUT2D eigenvalue weighted by molar-refractivity contribution is 6.35. The van der Waals surface area contributed by atoms with E-state index in [0.29, 0.717) is 22.3 Å². The molecule has 1 rings (SSSR count). The quantitative estimate of drug-likeness (QED) is 0.888. The molecule has 0 saturated heterocycles. The summed E-state index contributed by atoms with van der Waals surface area (Å²) in [6, 6.07) is 4.43. The highest BCUT2D eigenvalue weighted by Crippen LogP contribution is 2.22. The summed E-state index contributed by atoms with van der Waals surface area (Å²) in [5.74, 6) is 0. The first-order valence-electron chi connectivity index (χ1n) is 5.04. The van der Waals surface area contributed by atoms with Crippen molar-refractivity contribution in [3.05, 3.63) is 28.2 Å². The molecule has 94 valence electrons. The van der Waals surface area contributed by atoms with Crippen molar-refractivity contribution in [2.45, 2.75) is 13.0 Å². The highest BCUT2D eigenvalue weighted by atomic mass is 35.5. The number of carbonyl (C=O) groups is 1. The number of rotatable bonds is 4. The van der Waals surface area contributed by atoms with E-state index < -0.39 is 0 Å². The summed E-state index contributed by atoms with van der Waals surface area (Å²) in [6.07, 6.45) is 0. The summed E-state index contributed by atoms with van der Waals surface area (Å²) < 4.78 is 4.91. The lowest BCUT2D eigenvalue weighted by molar-refractivity contribution is 0.173. The molecular weight excluding hydrogens is 263 g/mol. The van der Waals surface area contributed by atoms with Crippen LogP contribution in [0.15, 0.2) is 18.2 Å². The first-order valence-corrected chi connectivity index (χ1v) is 5.79. The van der Waals surface area contributed by atoms with Crippen LogP contribution in [0.2, 0.25) is 10.0 Å². The van der Waals surface area contributed by atoms with Crippen molar-refractivity contribution in [3.63, 3.8) is 0 Å². The number of methoxy groups -OCH3 is 1. The first kappa shape index (κ1) is 14.1. The molecule has 1 atom stereocenters. The van der Waals surface area contributed by atoms with Gasteiger partial charge >= 0.3 is 6.03 Å². The molecule has 1 aromatic rings. The third kappa shape index (κ3) is 5.26. The molecular formula is C11H14Cl2N2O2. The van der Waals surface area contributed by atoms with Crippen LogP contribution in [0.4, 0.5) is 10.5 Å². The van der Waals surface area contributed by atoms with Crippen molar-refractivity contribution in [3.8, 4) is 0 Å². The van der Waals surface area contributed by atoms with Gasteiger partial charge in [-0.05, 0) is 25.1 Å². The summed E-state index contributed by atoms with van der Waals surface area (Å²) >= 11 is 11.6. The van der Waals surface area contributed by atoms with Crippen LogP contribution in [0.1, 0.15) is 6.92 Å². The predicted octanol–water partition coefficient (Wildman–Crippen LogP) is 3.15. The first-order chi connectivity index (χ1) is 8.01. The van der Waals surface area contributed by atoms with Crippen molar-refractivity contribution < 1.29 is 9.53 Å². The van der Waals surface area contributed by atoms with Gasteiger partial charge in [-0.3, -0.25) is 0 Å². The zero-order valence-electron chi connectivity index (χ0n) is 9.59. The molecule has 0 heterocycles. The second kappa shape index (κ2) is 6.69. The van der Waals surface area contributed by atoms with Crippen LogP contribution in [0.25, 0.3) is 0 Å². The molecule has 0 spiro atoms. The van der Waals surface area contributed by atoms with Gasteiger partial charge in [0, 0.05) is 22.8 Å². The summed E-state index contributed by atoms with van der Waals surface area (Å²) in [6.45, 7) is 2.29. The average Bonchev–Trinajstić information content (AvgIpc) is 2.14. The number of amides is 2. The van der Waals surface area contributed by atoms with Gasteiger partial charge in [0.05, 0.1) is 12.6 Å². The number of urea groups is 1. The molecule has 0 saturated carbocycles. The Bertz CT molecular complexity index is 379. The Labute approximate surface area is 110 Å². The Morgan fingerprint density at radius 1 is 1.35 bits per heavy atom. The fourth-order valence-corrected chi connectivity index (χ4v) is 1.83. The van der Waals surface area contributed by atoms with Crippen molar-refractivity contribution >= 4 is 34.9 Å². The summed E-state index contributed by atoms with van der Waals surface area (Å²) in [5, 5.41) is 6.29. The second-order valence-corrected chi connectivity index (χ2v) is 4.49. The van der Waals surface area contributed by atoms with Gasteiger partial charge in [-0.25, -0.2) is 4.79 Å². The Hall–Kier alpha value is -0.970. The van der Waals surface area contributed by atoms with Crippen LogP contribution in [-0.2, 0) is 4.74 Å². The molecule has 4 nitrogen and oxygen atoms in total. The summed E-state index contributed by atoms with van der Waals surface area (Å²) in [4.78, 5) is 11.6. The zero-order chi connectivity index (χ0) is 12.8. The van der Waals surface area contributed by atoms with Gasteiger partial charge in [0.2, 0.25) is 0 Å². The van der Waals surface area contributed by atoms with E-state index in [1.54, 1.807) is 25.3 Å². The van der Waals surface area contributed by atoms with Crippen molar-refractivity contribution in [1.29, 1.82) is 0 Å². The number of anilines is 1. The van der Waals surface area contributed by atoms with E-state index in [2.05, 4.69) is 10.6 Å². The van der Waals surface area contributed by atoms with E-state index >= 15 is 0 Å². The molecule has 0 fully saturated rings. The lowest BCUT2D eigenvalue weighted by atomic mass is 10.3. The number of carbonyl (C=O) groups excluding carboxylic acids is 1. The molecule has 0 aliphatic carbocycles. The number of hydrogen-bond acceptors (Lipinski definition) is 2. The van der Waals surface area contributed by atoms with E-state index in [-0.39, 0.29) is 12.1 Å². The fraction of sp³-hybridized carbons (Fsp3) is 0.364. The van der Waals surface area contributed by atoms with E-state index in [4.69, 9.17) is 27.9 Å². The molecule has 0 bridgehead atoms. The number of hydrogen-bond donors (Lipinski definition) is 2. The van der Waals surface area contributed by atoms with Crippen LogP contribution >= 0.6 is 23.2 Å². The molecule has 0 aromatic heterocycles. The van der Waals surface area contributed by atoms with Crippen LogP contribution in [0.3, 0.4) is 0 Å². The van der Waals surface area contributed by atoms with E-state index in [0.717, 1.165) is 0 Å². The van der Waals surface area contributed by atoms with Gasteiger partial charge in [0.25, 0.3) is 0 Å². The molecule has 2 N–H and O–H groups in total. The highest BCUT2D eigenvalue weighted by Gasteiger charge is 2.07. The van der Waals surface area contributed by atoms with Crippen molar-refractivity contribution in [2.75, 3.05) is 19.0 Å². The van der Waals surface area contributed by atoms with Gasteiger partial charge in [0.1, 0.15) is 0 Å². The van der Waals surface area contributed by atoms with E-state index in [1.807, 2.05) is 6.92 Å². The fourth-order valence-electron chi connectivity index (χ4n) is 1.31. The maximum atomic E-state index is 11.6. The minimum absolute atomic E-state index is 0.0744. The van der Waals surface area contributed by atoms with Crippen LogP contribution in [0.5, 0.6) is 0 Å². The van der Waals surface area contributed by atoms with Gasteiger partial charge in [-0.15, -0.1) is 0 Å². The number of nitrogens with one attached hydrogen (secondary N) is 2. The Balaban J connectivity index is 2.56. The molecule has 1 unspecified atom stereocenters. The van der Waals surface area contributed by atoms with Crippen molar-refractivity contribution in [2.24, 2.45) is 0 Å². The van der Waals surface area contributed by atoms with Crippen LogP contribution in [0, 0.1) is 0 Å². The van der Waals surface area contributed by atoms with E-state index in [9.17, 15) is 4.79 Å². The number of halogens is 2. The van der Waals surface area contributed by atoms with Gasteiger partial charge in [-0.2, -0.15) is 0 Å².